The molecule has 0 atom stereocenters. The molecule has 2 aromatic carbocycles. The first-order chi connectivity index (χ1) is 12.0. The number of amides is 3. The molecular formula is C18H14Cl2N2O3. The molecule has 1 aliphatic heterocycles. The van der Waals surface area contributed by atoms with Gasteiger partial charge in [0.2, 0.25) is 5.91 Å². The van der Waals surface area contributed by atoms with E-state index < -0.39 is 0 Å². The molecule has 1 heterocycles. The minimum Gasteiger partial charge on any atom is -0.326 e. The molecule has 25 heavy (non-hydrogen) atoms. The predicted molar refractivity (Wildman–Crippen MR) is 96.1 cm³/mol. The number of hydrogen-bond acceptors (Lipinski definition) is 3. The third kappa shape index (κ3) is 3.83. The van der Waals surface area contributed by atoms with Crippen LogP contribution in [-0.4, -0.2) is 29.2 Å². The monoisotopic (exact) mass is 376 g/mol. The Morgan fingerprint density at radius 2 is 1.52 bits per heavy atom. The molecule has 0 unspecified atom stereocenters. The molecule has 0 saturated heterocycles. The smallest absolute Gasteiger partial charge is 0.261 e. The molecule has 7 heteroatoms. The summed E-state index contributed by atoms with van der Waals surface area (Å²) in [6.45, 7) is 0.191. The second kappa shape index (κ2) is 7.25. The first-order valence-electron chi connectivity index (χ1n) is 7.67. The minimum atomic E-state index is -0.317. The van der Waals surface area contributed by atoms with E-state index >= 15 is 0 Å². The molecule has 0 radical (unpaired) electrons. The van der Waals surface area contributed by atoms with Crippen molar-refractivity contribution in [2.24, 2.45) is 0 Å². The molecule has 0 fully saturated rings. The van der Waals surface area contributed by atoms with Crippen molar-refractivity contribution in [2.75, 3.05) is 11.9 Å². The largest absolute Gasteiger partial charge is 0.326 e. The highest BCUT2D eigenvalue weighted by Gasteiger charge is 2.34. The van der Waals surface area contributed by atoms with Gasteiger partial charge in [-0.2, -0.15) is 0 Å². The first-order valence-corrected chi connectivity index (χ1v) is 8.42. The fraction of sp³-hybridized carbons (Fsp3) is 0.167. The number of nitrogens with zero attached hydrogens (tertiary/aromatic N) is 1. The average Bonchev–Trinajstić information content (AvgIpc) is 2.79. The SMILES string of the molecule is O=C(CCCN1C(=O)c2ccccc2C1=O)Nc1cc(Cl)cc(Cl)c1. The molecule has 3 rings (SSSR count). The van der Waals surface area contributed by atoms with Crippen LogP contribution < -0.4 is 5.32 Å². The molecule has 2 aromatic rings. The number of benzene rings is 2. The van der Waals surface area contributed by atoms with Crippen LogP contribution in [0.5, 0.6) is 0 Å². The van der Waals surface area contributed by atoms with E-state index in [9.17, 15) is 14.4 Å². The standard InChI is InChI=1S/C18H14Cl2N2O3/c19-11-8-12(20)10-13(9-11)21-16(23)6-3-7-22-17(24)14-4-1-2-5-15(14)18(22)25/h1-2,4-5,8-10H,3,6-7H2,(H,21,23). The van der Waals surface area contributed by atoms with E-state index in [4.69, 9.17) is 23.2 Å². The van der Waals surface area contributed by atoms with Crippen molar-refractivity contribution >= 4 is 46.6 Å². The number of anilines is 1. The normalized spacial score (nSPS) is 13.1. The van der Waals surface area contributed by atoms with Crippen molar-refractivity contribution in [1.29, 1.82) is 0 Å². The van der Waals surface area contributed by atoms with Crippen LogP contribution in [-0.2, 0) is 4.79 Å². The zero-order chi connectivity index (χ0) is 18.0. The van der Waals surface area contributed by atoms with Crippen LogP contribution >= 0.6 is 23.2 Å². The molecule has 0 spiro atoms. The van der Waals surface area contributed by atoms with Crippen LogP contribution in [0.2, 0.25) is 10.0 Å². The van der Waals surface area contributed by atoms with Gasteiger partial charge in [0.25, 0.3) is 11.8 Å². The number of nitrogens with one attached hydrogen (secondary N) is 1. The predicted octanol–water partition coefficient (Wildman–Crippen LogP) is 4.01. The number of rotatable bonds is 5. The van der Waals surface area contributed by atoms with Gasteiger partial charge < -0.3 is 5.32 Å². The quantitative estimate of drug-likeness (QED) is 0.801. The third-order valence-electron chi connectivity index (χ3n) is 3.81. The lowest BCUT2D eigenvalue weighted by Crippen LogP contribution is -2.31. The van der Waals surface area contributed by atoms with Gasteiger partial charge in [-0.1, -0.05) is 35.3 Å². The number of imide groups is 1. The molecule has 1 N–H and O–H groups in total. The van der Waals surface area contributed by atoms with E-state index in [1.54, 1.807) is 42.5 Å². The Labute approximate surface area is 154 Å². The summed E-state index contributed by atoms with van der Waals surface area (Å²) in [5.74, 6) is -0.875. The van der Waals surface area contributed by atoms with Gasteiger partial charge in [0, 0.05) is 28.7 Å². The lowest BCUT2D eigenvalue weighted by atomic mass is 10.1. The second-order valence-electron chi connectivity index (χ2n) is 5.62. The number of halogens is 2. The van der Waals surface area contributed by atoms with Gasteiger partial charge in [0.15, 0.2) is 0 Å². The van der Waals surface area contributed by atoms with Gasteiger partial charge in [-0.25, -0.2) is 0 Å². The molecular weight excluding hydrogens is 363 g/mol. The third-order valence-corrected chi connectivity index (χ3v) is 4.25. The van der Waals surface area contributed by atoms with E-state index in [1.807, 2.05) is 0 Å². The highest BCUT2D eigenvalue weighted by molar-refractivity contribution is 6.35. The highest BCUT2D eigenvalue weighted by Crippen LogP contribution is 2.24. The molecule has 1 aliphatic rings. The summed E-state index contributed by atoms with van der Waals surface area (Å²) in [5, 5.41) is 3.54. The summed E-state index contributed by atoms with van der Waals surface area (Å²) in [4.78, 5) is 37.6. The van der Waals surface area contributed by atoms with Crippen LogP contribution in [0.25, 0.3) is 0 Å². The zero-order valence-corrected chi connectivity index (χ0v) is 14.6. The van der Waals surface area contributed by atoms with Gasteiger partial charge >= 0.3 is 0 Å². The second-order valence-corrected chi connectivity index (χ2v) is 6.49. The van der Waals surface area contributed by atoms with Crippen molar-refractivity contribution in [3.8, 4) is 0 Å². The molecule has 128 valence electrons. The van der Waals surface area contributed by atoms with Crippen LogP contribution in [0.15, 0.2) is 42.5 Å². The molecule has 0 aromatic heterocycles. The van der Waals surface area contributed by atoms with Crippen LogP contribution in [0.3, 0.4) is 0 Å². The lowest BCUT2D eigenvalue weighted by Gasteiger charge is -2.13. The maximum Gasteiger partial charge on any atom is 0.261 e. The van der Waals surface area contributed by atoms with E-state index in [2.05, 4.69) is 5.32 Å². The van der Waals surface area contributed by atoms with Crippen molar-refractivity contribution in [2.45, 2.75) is 12.8 Å². The number of carbonyl (C=O) groups excluding carboxylic acids is 3. The maximum absolute atomic E-state index is 12.2. The highest BCUT2D eigenvalue weighted by atomic mass is 35.5. The average molecular weight is 377 g/mol. The van der Waals surface area contributed by atoms with Gasteiger partial charge in [0.1, 0.15) is 0 Å². The van der Waals surface area contributed by atoms with Crippen molar-refractivity contribution in [1.82, 2.24) is 4.90 Å². The Hall–Kier alpha value is -2.37. The summed E-state index contributed by atoms with van der Waals surface area (Å²) >= 11 is 11.8. The van der Waals surface area contributed by atoms with Gasteiger partial charge in [-0.3, -0.25) is 19.3 Å². The Morgan fingerprint density at radius 3 is 2.08 bits per heavy atom. The van der Waals surface area contributed by atoms with E-state index in [0.717, 1.165) is 0 Å². The van der Waals surface area contributed by atoms with Gasteiger partial charge in [0.05, 0.1) is 11.1 Å². The summed E-state index contributed by atoms with van der Waals surface area (Å²) in [6.07, 6.45) is 0.531. The Morgan fingerprint density at radius 1 is 0.960 bits per heavy atom. The first kappa shape index (κ1) is 17.5. The minimum absolute atomic E-state index is 0.164. The van der Waals surface area contributed by atoms with Crippen LogP contribution in [0, 0.1) is 0 Å². The Kier molecular flexibility index (Phi) is 5.06. The lowest BCUT2D eigenvalue weighted by molar-refractivity contribution is -0.116. The molecule has 0 aliphatic carbocycles. The fourth-order valence-electron chi connectivity index (χ4n) is 2.69. The topological polar surface area (TPSA) is 66.5 Å². The summed E-state index contributed by atoms with van der Waals surface area (Å²) in [6, 6.07) is 11.5. The van der Waals surface area contributed by atoms with Crippen LogP contribution in [0.1, 0.15) is 33.6 Å². The van der Waals surface area contributed by atoms with Crippen LogP contribution in [0.4, 0.5) is 5.69 Å². The molecule has 0 bridgehead atoms. The summed E-state index contributed by atoms with van der Waals surface area (Å²) < 4.78 is 0. The number of hydrogen-bond donors (Lipinski definition) is 1. The Balaban J connectivity index is 1.54. The van der Waals surface area contributed by atoms with Crippen molar-refractivity contribution in [3.63, 3.8) is 0 Å². The fourth-order valence-corrected chi connectivity index (χ4v) is 3.22. The summed E-state index contributed by atoms with van der Waals surface area (Å²) in [7, 11) is 0. The van der Waals surface area contributed by atoms with Crippen molar-refractivity contribution < 1.29 is 14.4 Å². The van der Waals surface area contributed by atoms with E-state index in [-0.39, 0.29) is 30.7 Å². The van der Waals surface area contributed by atoms with Gasteiger partial charge in [-0.05, 0) is 36.8 Å². The molecule has 3 amide bonds. The van der Waals surface area contributed by atoms with E-state index in [1.165, 1.54) is 4.90 Å². The number of carbonyl (C=O) groups is 3. The maximum atomic E-state index is 12.2. The summed E-state index contributed by atoms with van der Waals surface area (Å²) in [5.41, 5.74) is 1.32. The Bertz CT molecular complexity index is 812. The molecule has 5 nitrogen and oxygen atoms in total. The molecule has 0 saturated carbocycles. The zero-order valence-electron chi connectivity index (χ0n) is 13.1. The number of fused-ring (bicyclic) bond motifs is 1. The van der Waals surface area contributed by atoms with Gasteiger partial charge in [-0.15, -0.1) is 0 Å². The van der Waals surface area contributed by atoms with E-state index in [0.29, 0.717) is 33.3 Å². The van der Waals surface area contributed by atoms with Crippen molar-refractivity contribution in [3.05, 3.63) is 63.6 Å².